The van der Waals surface area contributed by atoms with Crippen molar-refractivity contribution in [3.8, 4) is 11.5 Å². The predicted molar refractivity (Wildman–Crippen MR) is 58.1 cm³/mol. The SMILES string of the molecule is COc1ccc(O)c(/C=N/N=C(N)N)c1. The molecule has 5 N–H and O–H groups in total. The van der Waals surface area contributed by atoms with Crippen molar-refractivity contribution in [2.75, 3.05) is 7.11 Å². The van der Waals surface area contributed by atoms with Crippen LogP contribution in [0.1, 0.15) is 5.56 Å². The molecule has 6 nitrogen and oxygen atoms in total. The van der Waals surface area contributed by atoms with E-state index < -0.39 is 0 Å². The molecule has 6 heteroatoms. The molecule has 0 unspecified atom stereocenters. The number of ether oxygens (including phenoxy) is 1. The van der Waals surface area contributed by atoms with Gasteiger partial charge in [0.15, 0.2) is 0 Å². The maximum absolute atomic E-state index is 9.44. The van der Waals surface area contributed by atoms with E-state index in [1.807, 2.05) is 0 Å². The molecule has 0 aliphatic heterocycles. The molecule has 15 heavy (non-hydrogen) atoms. The molecule has 0 heterocycles. The number of phenolic OH excluding ortho intramolecular Hbond substituents is 1. The van der Waals surface area contributed by atoms with Crippen LogP contribution in [0.5, 0.6) is 11.5 Å². The molecular formula is C9H12N4O2. The summed E-state index contributed by atoms with van der Waals surface area (Å²) in [4.78, 5) is 0. The minimum absolute atomic E-state index is 0.0744. The second kappa shape index (κ2) is 4.85. The lowest BCUT2D eigenvalue weighted by Crippen LogP contribution is -2.21. The summed E-state index contributed by atoms with van der Waals surface area (Å²) in [6.45, 7) is 0. The summed E-state index contributed by atoms with van der Waals surface area (Å²) in [7, 11) is 1.53. The van der Waals surface area contributed by atoms with Gasteiger partial charge in [-0.25, -0.2) is 0 Å². The highest BCUT2D eigenvalue weighted by molar-refractivity contribution is 5.85. The topological polar surface area (TPSA) is 106 Å². The van der Waals surface area contributed by atoms with Gasteiger partial charge in [-0.15, -0.1) is 5.10 Å². The third-order valence-corrected chi connectivity index (χ3v) is 1.60. The largest absolute Gasteiger partial charge is 0.507 e. The summed E-state index contributed by atoms with van der Waals surface area (Å²) in [6.07, 6.45) is 1.33. The highest BCUT2D eigenvalue weighted by Crippen LogP contribution is 2.20. The molecule has 0 atom stereocenters. The highest BCUT2D eigenvalue weighted by atomic mass is 16.5. The zero-order valence-corrected chi connectivity index (χ0v) is 8.21. The Morgan fingerprint density at radius 3 is 2.80 bits per heavy atom. The average molecular weight is 208 g/mol. The first kappa shape index (κ1) is 10.8. The Morgan fingerprint density at radius 1 is 1.47 bits per heavy atom. The number of hydrogen-bond acceptors (Lipinski definition) is 4. The van der Waals surface area contributed by atoms with Crippen LogP contribution < -0.4 is 16.2 Å². The smallest absolute Gasteiger partial charge is 0.211 e. The summed E-state index contributed by atoms with van der Waals surface area (Å²) >= 11 is 0. The maximum Gasteiger partial charge on any atom is 0.211 e. The van der Waals surface area contributed by atoms with E-state index in [9.17, 15) is 5.11 Å². The van der Waals surface area contributed by atoms with E-state index in [1.165, 1.54) is 19.4 Å². The van der Waals surface area contributed by atoms with Crippen molar-refractivity contribution >= 4 is 12.2 Å². The van der Waals surface area contributed by atoms with Crippen molar-refractivity contribution < 1.29 is 9.84 Å². The molecule has 0 amide bonds. The first-order valence-electron chi connectivity index (χ1n) is 4.12. The number of phenols is 1. The Morgan fingerprint density at radius 2 is 2.20 bits per heavy atom. The van der Waals surface area contributed by atoms with Crippen LogP contribution in [0.3, 0.4) is 0 Å². The summed E-state index contributed by atoms with van der Waals surface area (Å²) in [5.74, 6) is 0.540. The van der Waals surface area contributed by atoms with Crippen LogP contribution in [0, 0.1) is 0 Å². The van der Waals surface area contributed by atoms with Gasteiger partial charge in [0.25, 0.3) is 0 Å². The van der Waals surface area contributed by atoms with Gasteiger partial charge in [0.1, 0.15) is 11.5 Å². The van der Waals surface area contributed by atoms with Crippen LogP contribution in [0.25, 0.3) is 0 Å². The number of aromatic hydroxyl groups is 1. The zero-order valence-electron chi connectivity index (χ0n) is 8.21. The number of guanidine groups is 1. The molecule has 0 aromatic heterocycles. The minimum atomic E-state index is -0.145. The van der Waals surface area contributed by atoms with Gasteiger partial charge in [0.05, 0.1) is 13.3 Å². The first-order chi connectivity index (χ1) is 7.13. The molecular weight excluding hydrogens is 196 g/mol. The fourth-order valence-electron chi connectivity index (χ4n) is 0.921. The van der Waals surface area contributed by atoms with Gasteiger partial charge < -0.3 is 21.3 Å². The van der Waals surface area contributed by atoms with Gasteiger partial charge in [-0.05, 0) is 18.2 Å². The Bertz CT molecular complexity index is 397. The van der Waals surface area contributed by atoms with Crippen LogP contribution in [0.4, 0.5) is 0 Å². The van der Waals surface area contributed by atoms with Crippen molar-refractivity contribution in [3.05, 3.63) is 23.8 Å². The summed E-state index contributed by atoms with van der Waals surface area (Å²) in [5.41, 5.74) is 10.6. The monoisotopic (exact) mass is 208 g/mol. The summed E-state index contributed by atoms with van der Waals surface area (Å²) in [6, 6.07) is 4.74. The molecule has 1 aromatic rings. The molecule has 0 saturated heterocycles. The van der Waals surface area contributed by atoms with E-state index in [0.29, 0.717) is 11.3 Å². The van der Waals surface area contributed by atoms with Gasteiger partial charge in [0, 0.05) is 5.56 Å². The van der Waals surface area contributed by atoms with E-state index in [0.717, 1.165) is 0 Å². The van der Waals surface area contributed by atoms with Crippen molar-refractivity contribution in [1.82, 2.24) is 0 Å². The number of rotatable bonds is 3. The van der Waals surface area contributed by atoms with Crippen molar-refractivity contribution in [2.24, 2.45) is 21.7 Å². The number of benzene rings is 1. The minimum Gasteiger partial charge on any atom is -0.507 e. The summed E-state index contributed by atoms with van der Waals surface area (Å²) in [5, 5.41) is 16.4. The number of nitrogens with zero attached hydrogens (tertiary/aromatic N) is 2. The van der Waals surface area contributed by atoms with Crippen molar-refractivity contribution in [3.63, 3.8) is 0 Å². The van der Waals surface area contributed by atoms with Gasteiger partial charge in [0.2, 0.25) is 5.96 Å². The van der Waals surface area contributed by atoms with Crippen molar-refractivity contribution in [2.45, 2.75) is 0 Å². The quantitative estimate of drug-likeness (QED) is 0.369. The maximum atomic E-state index is 9.44. The number of nitrogens with two attached hydrogens (primary N) is 2. The first-order valence-corrected chi connectivity index (χ1v) is 4.12. The fourth-order valence-corrected chi connectivity index (χ4v) is 0.921. The van der Waals surface area contributed by atoms with E-state index in [-0.39, 0.29) is 11.7 Å². The second-order valence-electron chi connectivity index (χ2n) is 2.69. The van der Waals surface area contributed by atoms with Crippen LogP contribution in [0.15, 0.2) is 28.4 Å². The number of hydrogen-bond donors (Lipinski definition) is 3. The Balaban J connectivity index is 2.93. The van der Waals surface area contributed by atoms with Crippen LogP contribution in [0.2, 0.25) is 0 Å². The molecule has 0 aliphatic rings. The third-order valence-electron chi connectivity index (χ3n) is 1.60. The van der Waals surface area contributed by atoms with Gasteiger partial charge >= 0.3 is 0 Å². The molecule has 0 aliphatic carbocycles. The van der Waals surface area contributed by atoms with Gasteiger partial charge in [-0.3, -0.25) is 0 Å². The van der Waals surface area contributed by atoms with E-state index in [4.69, 9.17) is 16.2 Å². The molecule has 0 saturated carbocycles. The molecule has 0 radical (unpaired) electrons. The molecule has 0 bridgehead atoms. The Labute approximate surface area is 86.9 Å². The van der Waals surface area contributed by atoms with E-state index >= 15 is 0 Å². The lowest BCUT2D eigenvalue weighted by molar-refractivity contribution is 0.412. The second-order valence-corrected chi connectivity index (χ2v) is 2.69. The number of methoxy groups -OCH3 is 1. The molecule has 0 spiro atoms. The summed E-state index contributed by atoms with van der Waals surface area (Å²) < 4.78 is 4.98. The van der Waals surface area contributed by atoms with Crippen LogP contribution in [-0.2, 0) is 0 Å². The fraction of sp³-hybridized carbons (Fsp3) is 0.111. The Hall–Kier alpha value is -2.24. The van der Waals surface area contributed by atoms with Gasteiger partial charge in [-0.1, -0.05) is 0 Å². The third kappa shape index (κ3) is 3.18. The van der Waals surface area contributed by atoms with Crippen molar-refractivity contribution in [1.29, 1.82) is 0 Å². The lowest BCUT2D eigenvalue weighted by atomic mass is 10.2. The molecule has 1 aromatic carbocycles. The normalized spacial score (nSPS) is 10.2. The zero-order chi connectivity index (χ0) is 11.3. The molecule has 80 valence electrons. The van der Waals surface area contributed by atoms with Crippen LogP contribution >= 0.6 is 0 Å². The van der Waals surface area contributed by atoms with E-state index in [1.54, 1.807) is 12.1 Å². The Kier molecular flexibility index (Phi) is 3.50. The average Bonchev–Trinajstić information content (AvgIpc) is 2.20. The highest BCUT2D eigenvalue weighted by Gasteiger charge is 1.99. The standard InChI is InChI=1S/C9H12N4O2/c1-15-7-2-3-8(14)6(4-7)5-12-13-9(10)11/h2-5,14H,1H3,(H4,10,11,13)/b12-5+. The predicted octanol–water partition coefficient (Wildman–Crippen LogP) is 0.00810. The van der Waals surface area contributed by atoms with Crippen LogP contribution in [-0.4, -0.2) is 24.4 Å². The lowest BCUT2D eigenvalue weighted by Gasteiger charge is -2.01. The molecule has 1 rings (SSSR count). The van der Waals surface area contributed by atoms with E-state index in [2.05, 4.69) is 10.2 Å². The molecule has 0 fully saturated rings. The van der Waals surface area contributed by atoms with Gasteiger partial charge in [-0.2, -0.15) is 5.10 Å².